The standard InChI is InChI=1S/C14H19NO7S/c1-6-15-11-13(21-9(4)18)12(20-8(3)17)10(5-19-7(2)16)22-14(11)23-6/h10-14H,5H2,1-4H3/t10-,11-,12-,13?,14-/m1/s1. The Morgan fingerprint density at radius 1 is 1.09 bits per heavy atom. The van der Waals surface area contributed by atoms with E-state index in [4.69, 9.17) is 18.9 Å². The van der Waals surface area contributed by atoms with Crippen LogP contribution < -0.4 is 0 Å². The van der Waals surface area contributed by atoms with Gasteiger partial charge in [-0.1, -0.05) is 11.8 Å². The fraction of sp³-hybridized carbons (Fsp3) is 0.714. The monoisotopic (exact) mass is 345 g/mol. The van der Waals surface area contributed by atoms with Crippen molar-refractivity contribution in [3.8, 4) is 0 Å². The van der Waals surface area contributed by atoms with E-state index in [2.05, 4.69) is 4.99 Å². The molecule has 2 heterocycles. The van der Waals surface area contributed by atoms with Gasteiger partial charge in [0.25, 0.3) is 0 Å². The molecule has 0 aromatic heterocycles. The molecule has 0 radical (unpaired) electrons. The molecule has 5 atom stereocenters. The van der Waals surface area contributed by atoms with Crippen molar-refractivity contribution in [2.45, 2.75) is 57.5 Å². The molecule has 0 aliphatic carbocycles. The highest BCUT2D eigenvalue weighted by molar-refractivity contribution is 8.14. The molecule has 8 nitrogen and oxygen atoms in total. The third-order valence-corrected chi connectivity index (χ3v) is 4.36. The van der Waals surface area contributed by atoms with Crippen LogP contribution in [0.25, 0.3) is 0 Å². The average molecular weight is 345 g/mol. The molecule has 23 heavy (non-hydrogen) atoms. The maximum atomic E-state index is 11.4. The lowest BCUT2D eigenvalue weighted by molar-refractivity contribution is -0.208. The summed E-state index contributed by atoms with van der Waals surface area (Å²) in [4.78, 5) is 38.3. The number of carbonyl (C=O) groups is 3. The van der Waals surface area contributed by atoms with E-state index in [9.17, 15) is 14.4 Å². The van der Waals surface area contributed by atoms with Gasteiger partial charge in [-0.25, -0.2) is 0 Å². The number of fused-ring (bicyclic) bond motifs is 1. The Kier molecular flexibility index (Phi) is 5.64. The molecule has 0 N–H and O–H groups in total. The minimum Gasteiger partial charge on any atom is -0.463 e. The summed E-state index contributed by atoms with van der Waals surface area (Å²) in [6.45, 7) is 5.51. The molecule has 0 spiro atoms. The number of rotatable bonds is 4. The fourth-order valence-electron chi connectivity index (χ4n) is 2.53. The largest absolute Gasteiger partial charge is 0.463 e. The van der Waals surface area contributed by atoms with Crippen molar-refractivity contribution in [1.82, 2.24) is 0 Å². The number of hydrogen-bond acceptors (Lipinski definition) is 9. The van der Waals surface area contributed by atoms with Crippen LogP contribution in [0.4, 0.5) is 0 Å². The quantitative estimate of drug-likeness (QED) is 0.541. The molecule has 0 aromatic carbocycles. The molecule has 2 rings (SSSR count). The van der Waals surface area contributed by atoms with Gasteiger partial charge in [-0.2, -0.15) is 0 Å². The van der Waals surface area contributed by atoms with E-state index >= 15 is 0 Å². The lowest BCUT2D eigenvalue weighted by atomic mass is 9.98. The number of carbonyl (C=O) groups excluding carboxylic acids is 3. The predicted molar refractivity (Wildman–Crippen MR) is 80.9 cm³/mol. The molecular formula is C14H19NO7S. The Morgan fingerprint density at radius 2 is 1.70 bits per heavy atom. The van der Waals surface area contributed by atoms with Crippen LogP contribution in [-0.2, 0) is 33.3 Å². The van der Waals surface area contributed by atoms with Crippen LogP contribution in [0, 0.1) is 0 Å². The SMILES string of the molecule is CC(=O)OC[C@H]1O[C@@H]2SC(C)=N[C@@H]2C(OC(C)=O)[C@@H]1OC(C)=O. The lowest BCUT2D eigenvalue weighted by Gasteiger charge is -2.41. The zero-order chi connectivity index (χ0) is 17.1. The number of ether oxygens (including phenoxy) is 4. The molecule has 0 saturated carbocycles. The molecule has 9 heteroatoms. The first kappa shape index (κ1) is 17.7. The normalized spacial score (nSPS) is 32.5. The lowest BCUT2D eigenvalue weighted by Crippen LogP contribution is -2.59. The van der Waals surface area contributed by atoms with E-state index in [1.807, 2.05) is 6.92 Å². The Labute approximate surface area is 137 Å². The molecule has 128 valence electrons. The summed E-state index contributed by atoms with van der Waals surface area (Å²) in [5.74, 6) is -1.54. The average Bonchev–Trinajstić information content (AvgIpc) is 2.78. The summed E-state index contributed by atoms with van der Waals surface area (Å²) in [6, 6.07) is -0.471. The molecule has 1 saturated heterocycles. The van der Waals surface area contributed by atoms with Crippen LogP contribution in [0.1, 0.15) is 27.7 Å². The molecule has 0 aromatic rings. The van der Waals surface area contributed by atoms with E-state index < -0.39 is 42.3 Å². The number of nitrogens with zero attached hydrogens (tertiary/aromatic N) is 1. The third kappa shape index (κ3) is 4.44. The van der Waals surface area contributed by atoms with Gasteiger partial charge in [0.2, 0.25) is 0 Å². The summed E-state index contributed by atoms with van der Waals surface area (Å²) in [5, 5.41) is 0.784. The fourth-order valence-corrected chi connectivity index (χ4v) is 3.60. The minimum atomic E-state index is -0.896. The van der Waals surface area contributed by atoms with Gasteiger partial charge in [0.15, 0.2) is 12.2 Å². The van der Waals surface area contributed by atoms with Gasteiger partial charge >= 0.3 is 17.9 Å². The first-order chi connectivity index (χ1) is 10.8. The van der Waals surface area contributed by atoms with Crippen molar-refractivity contribution in [2.24, 2.45) is 4.99 Å². The van der Waals surface area contributed by atoms with Crippen LogP contribution in [0.15, 0.2) is 4.99 Å². The zero-order valence-electron chi connectivity index (χ0n) is 13.3. The highest BCUT2D eigenvalue weighted by atomic mass is 32.2. The van der Waals surface area contributed by atoms with E-state index in [0.717, 1.165) is 5.04 Å². The topological polar surface area (TPSA) is 100 Å². The van der Waals surface area contributed by atoms with Gasteiger partial charge in [0.1, 0.15) is 24.2 Å². The molecule has 2 aliphatic rings. The van der Waals surface area contributed by atoms with E-state index in [-0.39, 0.29) is 12.0 Å². The molecule has 0 bridgehead atoms. The maximum absolute atomic E-state index is 11.4. The second-order valence-corrected chi connectivity index (χ2v) is 6.54. The van der Waals surface area contributed by atoms with E-state index in [1.54, 1.807) is 0 Å². The smallest absolute Gasteiger partial charge is 0.303 e. The molecular weight excluding hydrogens is 326 g/mol. The van der Waals surface area contributed by atoms with Crippen LogP contribution >= 0.6 is 11.8 Å². The van der Waals surface area contributed by atoms with Gasteiger partial charge in [-0.15, -0.1) is 0 Å². The molecule has 0 amide bonds. The summed E-state index contributed by atoms with van der Waals surface area (Å²) in [7, 11) is 0. The van der Waals surface area contributed by atoms with Crippen molar-refractivity contribution in [3.63, 3.8) is 0 Å². The highest BCUT2D eigenvalue weighted by Gasteiger charge is 2.52. The Bertz CT molecular complexity index is 535. The first-order valence-electron chi connectivity index (χ1n) is 7.12. The van der Waals surface area contributed by atoms with Gasteiger partial charge in [-0.3, -0.25) is 19.4 Å². The third-order valence-electron chi connectivity index (χ3n) is 3.29. The molecule has 1 unspecified atom stereocenters. The summed E-state index contributed by atoms with van der Waals surface area (Å²) in [5.41, 5.74) is -0.383. The first-order valence-corrected chi connectivity index (χ1v) is 8.00. The zero-order valence-corrected chi connectivity index (χ0v) is 14.1. The van der Waals surface area contributed by atoms with E-state index in [0.29, 0.717) is 0 Å². The second kappa shape index (κ2) is 7.31. The van der Waals surface area contributed by atoms with Crippen molar-refractivity contribution in [2.75, 3.05) is 6.61 Å². The molecule has 1 fully saturated rings. The highest BCUT2D eigenvalue weighted by Crippen LogP contribution is 2.38. The number of esters is 3. The van der Waals surface area contributed by atoms with E-state index in [1.165, 1.54) is 32.5 Å². The van der Waals surface area contributed by atoms with Crippen LogP contribution in [0.3, 0.4) is 0 Å². The number of thioether (sulfide) groups is 1. The van der Waals surface area contributed by atoms with Crippen molar-refractivity contribution < 1.29 is 33.3 Å². The van der Waals surface area contributed by atoms with Gasteiger partial charge < -0.3 is 18.9 Å². The van der Waals surface area contributed by atoms with Crippen molar-refractivity contribution in [1.29, 1.82) is 0 Å². The van der Waals surface area contributed by atoms with Gasteiger partial charge in [0, 0.05) is 20.8 Å². The van der Waals surface area contributed by atoms with Crippen LogP contribution in [-0.4, -0.2) is 59.3 Å². The second-order valence-electron chi connectivity index (χ2n) is 5.25. The summed E-state index contributed by atoms with van der Waals surface area (Å²) >= 11 is 1.39. The van der Waals surface area contributed by atoms with Crippen molar-refractivity contribution in [3.05, 3.63) is 0 Å². The van der Waals surface area contributed by atoms with Crippen molar-refractivity contribution >= 4 is 34.7 Å². The van der Waals surface area contributed by atoms with Gasteiger partial charge in [-0.05, 0) is 6.92 Å². The Balaban J connectivity index is 2.26. The van der Waals surface area contributed by atoms with Gasteiger partial charge in [0.05, 0.1) is 5.04 Å². The Hall–Kier alpha value is -1.61. The predicted octanol–water partition coefficient (Wildman–Crippen LogP) is 0.672. The summed E-state index contributed by atoms with van der Waals surface area (Å²) in [6.07, 6.45) is -2.42. The minimum absolute atomic E-state index is 0.103. The van der Waals surface area contributed by atoms with Crippen LogP contribution in [0.2, 0.25) is 0 Å². The number of hydrogen-bond donors (Lipinski definition) is 0. The summed E-state index contributed by atoms with van der Waals surface area (Å²) < 4.78 is 21.5. The Morgan fingerprint density at radius 3 is 2.26 bits per heavy atom. The van der Waals surface area contributed by atoms with Crippen LogP contribution in [0.5, 0.6) is 0 Å². The number of aliphatic imine (C=N–C) groups is 1. The maximum Gasteiger partial charge on any atom is 0.303 e. The molecule has 2 aliphatic heterocycles.